The number of likely N-dealkylation sites (tertiary alicyclic amines) is 1. The van der Waals surface area contributed by atoms with E-state index >= 15 is 0 Å². The van der Waals surface area contributed by atoms with Gasteiger partial charge in [0.1, 0.15) is 0 Å². The first-order valence-electron chi connectivity index (χ1n) is 4.02. The maximum atomic E-state index is 11.5. The number of hydrogen-bond donors (Lipinski definition) is 0. The molecular formula is C7H13NO2S. The van der Waals surface area contributed by atoms with Gasteiger partial charge in [-0.15, -0.1) is 0 Å². The van der Waals surface area contributed by atoms with Gasteiger partial charge in [0.25, 0.3) is 0 Å². The van der Waals surface area contributed by atoms with Gasteiger partial charge in [0.2, 0.25) is 0 Å². The van der Waals surface area contributed by atoms with E-state index in [9.17, 15) is 8.42 Å². The molecule has 0 radical (unpaired) electrons. The zero-order valence-corrected chi connectivity index (χ0v) is 7.47. The lowest BCUT2D eigenvalue weighted by Crippen LogP contribution is -2.53. The van der Waals surface area contributed by atoms with E-state index in [4.69, 9.17) is 0 Å². The predicted octanol–water partition coefficient (Wildman–Crippen LogP) is -0.122. The minimum atomic E-state index is -2.70. The molecule has 4 heteroatoms. The van der Waals surface area contributed by atoms with Crippen LogP contribution in [-0.2, 0) is 9.84 Å². The van der Waals surface area contributed by atoms with Crippen LogP contribution in [0.2, 0.25) is 0 Å². The van der Waals surface area contributed by atoms with Crippen molar-refractivity contribution in [3.63, 3.8) is 0 Å². The Morgan fingerprint density at radius 1 is 1.18 bits per heavy atom. The van der Waals surface area contributed by atoms with Gasteiger partial charge in [0, 0.05) is 13.1 Å². The number of rotatable bonds is 2. The minimum absolute atomic E-state index is 0.0289. The van der Waals surface area contributed by atoms with Crippen molar-refractivity contribution in [1.82, 2.24) is 4.90 Å². The summed E-state index contributed by atoms with van der Waals surface area (Å²) in [5.41, 5.74) is 0. The van der Waals surface area contributed by atoms with E-state index in [0.717, 1.165) is 25.9 Å². The summed E-state index contributed by atoms with van der Waals surface area (Å²) in [6.45, 7) is 1.50. The van der Waals surface area contributed by atoms with Gasteiger partial charge in [-0.1, -0.05) is 0 Å². The largest absolute Gasteiger partial charge is 0.304 e. The van der Waals surface area contributed by atoms with Gasteiger partial charge >= 0.3 is 0 Å². The Morgan fingerprint density at radius 2 is 1.73 bits per heavy atom. The fourth-order valence-electron chi connectivity index (χ4n) is 1.52. The molecule has 1 aliphatic heterocycles. The van der Waals surface area contributed by atoms with Crippen molar-refractivity contribution in [2.45, 2.75) is 23.3 Å². The first-order chi connectivity index (χ1) is 5.10. The van der Waals surface area contributed by atoms with Gasteiger partial charge in [-0.2, -0.15) is 0 Å². The molecule has 1 aliphatic carbocycles. The molecule has 1 heterocycles. The van der Waals surface area contributed by atoms with Crippen LogP contribution in [0.25, 0.3) is 0 Å². The molecule has 2 rings (SSSR count). The third-order valence-electron chi connectivity index (χ3n) is 2.48. The molecule has 2 aliphatic rings. The Morgan fingerprint density at radius 3 is 2.09 bits per heavy atom. The van der Waals surface area contributed by atoms with E-state index in [1.165, 1.54) is 0 Å². The standard InChI is InChI=1S/C7H13NO2S/c1-8-4-7(5-8)11(9,10)6-2-3-6/h6-7H,2-5H2,1H3. The van der Waals surface area contributed by atoms with E-state index in [-0.39, 0.29) is 10.5 Å². The van der Waals surface area contributed by atoms with E-state index in [2.05, 4.69) is 0 Å². The highest BCUT2D eigenvalue weighted by Crippen LogP contribution is 2.33. The molecule has 11 heavy (non-hydrogen) atoms. The molecule has 2 fully saturated rings. The second kappa shape index (κ2) is 2.20. The third kappa shape index (κ3) is 1.18. The molecule has 0 aromatic carbocycles. The highest BCUT2D eigenvalue weighted by Gasteiger charge is 2.45. The second-order valence-electron chi connectivity index (χ2n) is 3.63. The lowest BCUT2D eigenvalue weighted by molar-refractivity contribution is 0.231. The Balaban J connectivity index is 2.04. The van der Waals surface area contributed by atoms with Crippen LogP contribution < -0.4 is 0 Å². The summed E-state index contributed by atoms with van der Waals surface area (Å²) in [5, 5.41) is -0.0128. The van der Waals surface area contributed by atoms with Crippen LogP contribution in [0.5, 0.6) is 0 Å². The van der Waals surface area contributed by atoms with Crippen LogP contribution >= 0.6 is 0 Å². The summed E-state index contributed by atoms with van der Waals surface area (Å²) in [5.74, 6) is 0. The van der Waals surface area contributed by atoms with Crippen LogP contribution in [0.1, 0.15) is 12.8 Å². The van der Waals surface area contributed by atoms with Crippen molar-refractivity contribution >= 4 is 9.84 Å². The van der Waals surface area contributed by atoms with Crippen molar-refractivity contribution in [3.8, 4) is 0 Å². The molecule has 0 bridgehead atoms. The van der Waals surface area contributed by atoms with Gasteiger partial charge < -0.3 is 4.90 Å². The molecule has 1 saturated heterocycles. The average molecular weight is 175 g/mol. The van der Waals surface area contributed by atoms with Crippen molar-refractivity contribution in [2.75, 3.05) is 20.1 Å². The van der Waals surface area contributed by atoms with Gasteiger partial charge in [0.15, 0.2) is 9.84 Å². The molecule has 1 saturated carbocycles. The van der Waals surface area contributed by atoms with E-state index in [1.54, 1.807) is 0 Å². The molecule has 0 N–H and O–H groups in total. The average Bonchev–Trinajstić information content (AvgIpc) is 2.60. The third-order valence-corrected chi connectivity index (χ3v) is 5.11. The van der Waals surface area contributed by atoms with E-state index in [1.807, 2.05) is 11.9 Å². The molecule has 0 amide bonds. The fraction of sp³-hybridized carbons (Fsp3) is 1.00. The van der Waals surface area contributed by atoms with Crippen molar-refractivity contribution in [3.05, 3.63) is 0 Å². The molecule has 0 unspecified atom stereocenters. The summed E-state index contributed by atoms with van der Waals surface area (Å²) in [7, 11) is -0.746. The minimum Gasteiger partial charge on any atom is -0.304 e. The maximum absolute atomic E-state index is 11.5. The number of sulfone groups is 1. The first kappa shape index (κ1) is 7.55. The van der Waals surface area contributed by atoms with Crippen LogP contribution in [-0.4, -0.2) is 44.0 Å². The topological polar surface area (TPSA) is 37.4 Å². The Kier molecular flexibility index (Phi) is 1.51. The summed E-state index contributed by atoms with van der Waals surface area (Å²) in [6.07, 6.45) is 1.81. The quantitative estimate of drug-likeness (QED) is 0.587. The van der Waals surface area contributed by atoms with Gasteiger partial charge in [0.05, 0.1) is 10.5 Å². The normalized spacial score (nSPS) is 28.5. The maximum Gasteiger partial charge on any atom is 0.158 e. The lowest BCUT2D eigenvalue weighted by atomic mass is 10.2. The van der Waals surface area contributed by atoms with E-state index < -0.39 is 9.84 Å². The number of hydrogen-bond acceptors (Lipinski definition) is 3. The van der Waals surface area contributed by atoms with Crippen molar-refractivity contribution < 1.29 is 8.42 Å². The summed E-state index contributed by atoms with van der Waals surface area (Å²) in [6, 6.07) is 0. The summed E-state index contributed by atoms with van der Waals surface area (Å²) < 4.78 is 23.0. The highest BCUT2D eigenvalue weighted by molar-refractivity contribution is 7.93. The summed E-state index contributed by atoms with van der Waals surface area (Å²) in [4.78, 5) is 2.05. The Bertz CT molecular complexity index is 250. The predicted molar refractivity (Wildman–Crippen MR) is 43.2 cm³/mol. The smallest absolute Gasteiger partial charge is 0.158 e. The Hall–Kier alpha value is -0.0900. The molecule has 0 aromatic heterocycles. The molecule has 0 aromatic rings. The first-order valence-corrected chi connectivity index (χ1v) is 5.63. The molecule has 0 spiro atoms. The van der Waals surface area contributed by atoms with E-state index in [0.29, 0.717) is 0 Å². The highest BCUT2D eigenvalue weighted by atomic mass is 32.2. The van der Waals surface area contributed by atoms with Crippen LogP contribution in [0.4, 0.5) is 0 Å². The molecule has 3 nitrogen and oxygen atoms in total. The van der Waals surface area contributed by atoms with Crippen LogP contribution in [0.3, 0.4) is 0 Å². The SMILES string of the molecule is CN1CC(S(=O)(=O)C2CC2)C1. The fourth-order valence-corrected chi connectivity index (χ4v) is 3.78. The number of nitrogens with zero attached hydrogens (tertiary/aromatic N) is 1. The summed E-state index contributed by atoms with van der Waals surface area (Å²) >= 11 is 0. The van der Waals surface area contributed by atoms with Gasteiger partial charge in [-0.3, -0.25) is 0 Å². The second-order valence-corrected chi connectivity index (χ2v) is 6.14. The van der Waals surface area contributed by atoms with Gasteiger partial charge in [-0.25, -0.2) is 8.42 Å². The van der Waals surface area contributed by atoms with Crippen molar-refractivity contribution in [1.29, 1.82) is 0 Å². The van der Waals surface area contributed by atoms with Gasteiger partial charge in [-0.05, 0) is 19.9 Å². The van der Waals surface area contributed by atoms with Crippen molar-refractivity contribution in [2.24, 2.45) is 0 Å². The zero-order valence-electron chi connectivity index (χ0n) is 6.66. The van der Waals surface area contributed by atoms with Crippen LogP contribution in [0, 0.1) is 0 Å². The Labute approximate surface area is 67.3 Å². The molecule has 0 atom stereocenters. The zero-order chi connectivity index (χ0) is 8.06. The monoisotopic (exact) mass is 175 g/mol. The molecular weight excluding hydrogens is 162 g/mol. The lowest BCUT2D eigenvalue weighted by Gasteiger charge is -2.35. The molecule has 64 valence electrons. The van der Waals surface area contributed by atoms with Crippen LogP contribution in [0.15, 0.2) is 0 Å².